The van der Waals surface area contributed by atoms with Gasteiger partial charge < -0.3 is 15.3 Å². The third-order valence-corrected chi connectivity index (χ3v) is 4.48. The van der Waals surface area contributed by atoms with E-state index in [0.29, 0.717) is 12.5 Å². The SMILES string of the molecule is OC[C@H]1CCCN(CCNc2ccc3cc(Cl)ccc3n2)C1. The Hall–Kier alpha value is -1.36. The number of likely N-dealkylation sites (tertiary alicyclic amines) is 1. The maximum atomic E-state index is 9.27. The van der Waals surface area contributed by atoms with Gasteiger partial charge in [0.05, 0.1) is 5.52 Å². The van der Waals surface area contributed by atoms with Crippen molar-refractivity contribution in [2.75, 3.05) is 38.1 Å². The van der Waals surface area contributed by atoms with Gasteiger partial charge in [-0.1, -0.05) is 11.6 Å². The van der Waals surface area contributed by atoms with E-state index in [-0.39, 0.29) is 0 Å². The number of nitrogens with zero attached hydrogens (tertiary/aromatic N) is 2. The maximum absolute atomic E-state index is 9.27. The molecule has 4 nitrogen and oxygen atoms in total. The van der Waals surface area contributed by atoms with Crippen molar-refractivity contribution >= 4 is 28.3 Å². The van der Waals surface area contributed by atoms with Crippen molar-refractivity contribution in [3.8, 4) is 0 Å². The number of aliphatic hydroxyl groups is 1. The molecule has 5 heteroatoms. The number of halogens is 1. The molecule has 1 aliphatic rings. The van der Waals surface area contributed by atoms with Gasteiger partial charge in [-0.15, -0.1) is 0 Å². The van der Waals surface area contributed by atoms with Crippen LogP contribution < -0.4 is 5.32 Å². The molecule has 0 amide bonds. The Bertz CT molecular complexity index is 634. The van der Waals surface area contributed by atoms with Crippen LogP contribution in [0.1, 0.15) is 12.8 Å². The third-order valence-electron chi connectivity index (χ3n) is 4.25. The van der Waals surface area contributed by atoms with Gasteiger partial charge in [0.25, 0.3) is 0 Å². The fourth-order valence-corrected chi connectivity index (χ4v) is 3.22. The minimum absolute atomic E-state index is 0.304. The second kappa shape index (κ2) is 7.27. The Kier molecular flexibility index (Phi) is 5.13. The van der Waals surface area contributed by atoms with Gasteiger partial charge in [-0.2, -0.15) is 0 Å². The van der Waals surface area contributed by atoms with E-state index in [4.69, 9.17) is 11.6 Å². The zero-order valence-electron chi connectivity index (χ0n) is 12.6. The molecule has 3 rings (SSSR count). The van der Waals surface area contributed by atoms with E-state index in [2.05, 4.69) is 15.2 Å². The quantitative estimate of drug-likeness (QED) is 0.889. The molecule has 22 heavy (non-hydrogen) atoms. The van der Waals surface area contributed by atoms with Crippen LogP contribution in [0.15, 0.2) is 30.3 Å². The Balaban J connectivity index is 1.54. The molecule has 2 heterocycles. The summed E-state index contributed by atoms with van der Waals surface area (Å²) in [5, 5.41) is 14.4. The Morgan fingerprint density at radius 2 is 2.23 bits per heavy atom. The van der Waals surface area contributed by atoms with Crippen LogP contribution in [0.25, 0.3) is 10.9 Å². The number of hydrogen-bond acceptors (Lipinski definition) is 4. The lowest BCUT2D eigenvalue weighted by molar-refractivity contribution is 0.123. The summed E-state index contributed by atoms with van der Waals surface area (Å²) in [4.78, 5) is 7.02. The molecule has 2 aromatic rings. The van der Waals surface area contributed by atoms with E-state index < -0.39 is 0 Å². The van der Waals surface area contributed by atoms with Crippen molar-refractivity contribution in [3.05, 3.63) is 35.4 Å². The zero-order chi connectivity index (χ0) is 15.4. The predicted octanol–water partition coefficient (Wildman–Crippen LogP) is 3.00. The van der Waals surface area contributed by atoms with E-state index >= 15 is 0 Å². The van der Waals surface area contributed by atoms with E-state index in [9.17, 15) is 5.11 Å². The van der Waals surface area contributed by atoms with Crippen molar-refractivity contribution in [2.24, 2.45) is 5.92 Å². The number of fused-ring (bicyclic) bond motifs is 1. The van der Waals surface area contributed by atoms with Crippen LogP contribution in [-0.4, -0.2) is 47.8 Å². The summed E-state index contributed by atoms with van der Waals surface area (Å²) < 4.78 is 0. The number of benzene rings is 1. The number of pyridine rings is 1. The Morgan fingerprint density at radius 1 is 1.32 bits per heavy atom. The van der Waals surface area contributed by atoms with Crippen molar-refractivity contribution < 1.29 is 5.11 Å². The van der Waals surface area contributed by atoms with Crippen LogP contribution in [0.3, 0.4) is 0 Å². The molecule has 118 valence electrons. The first kappa shape index (κ1) is 15.5. The molecule has 0 aliphatic carbocycles. The first-order valence-electron chi connectivity index (χ1n) is 7.88. The van der Waals surface area contributed by atoms with Gasteiger partial charge >= 0.3 is 0 Å². The van der Waals surface area contributed by atoms with Crippen molar-refractivity contribution in [3.63, 3.8) is 0 Å². The van der Waals surface area contributed by atoms with E-state index in [1.807, 2.05) is 30.3 Å². The molecule has 1 fully saturated rings. The topological polar surface area (TPSA) is 48.4 Å². The Labute approximate surface area is 136 Å². The first-order valence-corrected chi connectivity index (χ1v) is 8.26. The van der Waals surface area contributed by atoms with Crippen LogP contribution >= 0.6 is 11.6 Å². The lowest BCUT2D eigenvalue weighted by Gasteiger charge is -2.31. The van der Waals surface area contributed by atoms with Crippen molar-refractivity contribution in [2.45, 2.75) is 12.8 Å². The van der Waals surface area contributed by atoms with Gasteiger partial charge in [0.15, 0.2) is 0 Å². The summed E-state index contributed by atoms with van der Waals surface area (Å²) in [5.41, 5.74) is 0.952. The summed E-state index contributed by atoms with van der Waals surface area (Å²) in [5.74, 6) is 1.34. The summed E-state index contributed by atoms with van der Waals surface area (Å²) in [7, 11) is 0. The van der Waals surface area contributed by atoms with Gasteiger partial charge in [-0.3, -0.25) is 0 Å². The highest BCUT2D eigenvalue weighted by Crippen LogP contribution is 2.20. The van der Waals surface area contributed by atoms with Crippen LogP contribution in [0.2, 0.25) is 5.02 Å². The maximum Gasteiger partial charge on any atom is 0.126 e. The number of rotatable bonds is 5. The van der Waals surface area contributed by atoms with Gasteiger partial charge in [0, 0.05) is 36.7 Å². The fraction of sp³-hybridized carbons (Fsp3) is 0.471. The average molecular weight is 320 g/mol. The number of hydrogen-bond donors (Lipinski definition) is 2. The van der Waals surface area contributed by atoms with Crippen LogP contribution in [-0.2, 0) is 0 Å². The lowest BCUT2D eigenvalue weighted by Crippen LogP contribution is -2.39. The molecule has 1 atom stereocenters. The largest absolute Gasteiger partial charge is 0.396 e. The molecule has 1 aromatic heterocycles. The fourth-order valence-electron chi connectivity index (χ4n) is 3.04. The molecule has 0 bridgehead atoms. The molecule has 1 saturated heterocycles. The minimum Gasteiger partial charge on any atom is -0.396 e. The van der Waals surface area contributed by atoms with E-state index in [1.54, 1.807) is 0 Å². The Morgan fingerprint density at radius 3 is 3.09 bits per heavy atom. The lowest BCUT2D eigenvalue weighted by atomic mass is 9.99. The molecular weight excluding hydrogens is 298 g/mol. The van der Waals surface area contributed by atoms with Crippen LogP contribution in [0.4, 0.5) is 5.82 Å². The van der Waals surface area contributed by atoms with Crippen LogP contribution in [0, 0.1) is 5.92 Å². The van der Waals surface area contributed by atoms with E-state index in [0.717, 1.165) is 54.3 Å². The first-order chi connectivity index (χ1) is 10.7. The molecule has 0 saturated carbocycles. The van der Waals surface area contributed by atoms with Crippen molar-refractivity contribution in [1.82, 2.24) is 9.88 Å². The van der Waals surface area contributed by atoms with Crippen molar-refractivity contribution in [1.29, 1.82) is 0 Å². The molecule has 0 unspecified atom stereocenters. The number of anilines is 1. The third kappa shape index (κ3) is 3.88. The summed E-state index contributed by atoms with van der Waals surface area (Å²) in [6, 6.07) is 9.77. The number of nitrogens with one attached hydrogen (secondary N) is 1. The molecule has 1 aromatic carbocycles. The number of piperidine rings is 1. The van der Waals surface area contributed by atoms with Gasteiger partial charge in [-0.25, -0.2) is 4.98 Å². The zero-order valence-corrected chi connectivity index (χ0v) is 13.4. The molecular formula is C17H22ClN3O. The highest BCUT2D eigenvalue weighted by molar-refractivity contribution is 6.31. The summed E-state index contributed by atoms with van der Waals surface area (Å²) >= 11 is 5.99. The number of aliphatic hydroxyl groups excluding tert-OH is 1. The average Bonchev–Trinajstić information content (AvgIpc) is 2.55. The van der Waals surface area contributed by atoms with Crippen LogP contribution in [0.5, 0.6) is 0 Å². The van der Waals surface area contributed by atoms with E-state index in [1.165, 1.54) is 6.42 Å². The normalized spacial score (nSPS) is 19.5. The molecule has 2 N–H and O–H groups in total. The highest BCUT2D eigenvalue weighted by atomic mass is 35.5. The number of aromatic nitrogens is 1. The molecule has 0 radical (unpaired) electrons. The monoisotopic (exact) mass is 319 g/mol. The van der Waals surface area contributed by atoms with Gasteiger partial charge in [0.1, 0.15) is 5.82 Å². The smallest absolute Gasteiger partial charge is 0.126 e. The highest BCUT2D eigenvalue weighted by Gasteiger charge is 2.18. The standard InChI is InChI=1S/C17H22ClN3O/c18-15-4-5-16-14(10-15)3-6-17(20-16)19-7-9-21-8-1-2-13(11-21)12-22/h3-6,10,13,22H,1-2,7-9,11-12H2,(H,19,20)/t13-/m0/s1. The predicted molar refractivity (Wildman–Crippen MR) is 91.5 cm³/mol. The minimum atomic E-state index is 0.304. The summed E-state index contributed by atoms with van der Waals surface area (Å²) in [6.45, 7) is 4.28. The molecule has 1 aliphatic heterocycles. The van der Waals surface area contributed by atoms with Gasteiger partial charge in [0.2, 0.25) is 0 Å². The second-order valence-electron chi connectivity index (χ2n) is 5.95. The second-order valence-corrected chi connectivity index (χ2v) is 6.39. The molecule has 0 spiro atoms. The van der Waals surface area contributed by atoms with Gasteiger partial charge in [-0.05, 0) is 55.6 Å². The summed E-state index contributed by atoms with van der Waals surface area (Å²) in [6.07, 6.45) is 2.33.